The van der Waals surface area contributed by atoms with E-state index < -0.39 is 0 Å². The van der Waals surface area contributed by atoms with Gasteiger partial charge in [0, 0.05) is 78.1 Å². The Hall–Kier alpha value is -7.06. The second-order valence-corrected chi connectivity index (χ2v) is 17.2. The summed E-state index contributed by atoms with van der Waals surface area (Å²) in [4.78, 5) is 19.1. The average Bonchev–Trinajstić information content (AvgIpc) is 4.19. The SMILES string of the molecule is Brc1ccc2c(c1)[C@@H]1OCC[C@@H]1[C@@H](C1=Cc3nc1c(-c1ccccc1)c1ccc([nH]1)c(-c1ccccc1)c1nc(c(-c4ccccc4)c4ccc([nH]4)c3-c3ccccc3)C=C1)N2. The number of hydrogen-bond donors (Lipinski definition) is 3. The van der Waals surface area contributed by atoms with Gasteiger partial charge in [-0.05, 0) is 89.4 Å². The zero-order chi connectivity index (χ0) is 41.1. The Morgan fingerprint density at radius 3 is 1.53 bits per heavy atom. The maximum absolute atomic E-state index is 6.60. The molecule has 0 saturated carbocycles. The molecule has 3 atom stereocenters. The first-order valence-corrected chi connectivity index (χ1v) is 22.0. The Morgan fingerprint density at radius 1 is 0.516 bits per heavy atom. The highest BCUT2D eigenvalue weighted by Crippen LogP contribution is 2.51. The van der Waals surface area contributed by atoms with Gasteiger partial charge in [-0.1, -0.05) is 137 Å². The van der Waals surface area contributed by atoms with E-state index in [0.717, 1.165) is 112 Å². The van der Waals surface area contributed by atoms with Gasteiger partial charge in [0.05, 0.1) is 34.9 Å². The van der Waals surface area contributed by atoms with Gasteiger partial charge in [-0.3, -0.25) is 0 Å². The van der Waals surface area contributed by atoms with Crippen LogP contribution in [0.15, 0.2) is 168 Å². The molecular formula is C55H40BrN5O. The first kappa shape index (κ1) is 36.8. The number of fused-ring (bicyclic) bond motifs is 11. The molecule has 4 aliphatic heterocycles. The fourth-order valence-electron chi connectivity index (χ4n) is 9.93. The number of hydrogen-bond acceptors (Lipinski definition) is 4. The summed E-state index contributed by atoms with van der Waals surface area (Å²) in [5.74, 6) is 0.189. The van der Waals surface area contributed by atoms with E-state index in [1.165, 1.54) is 5.56 Å². The fraction of sp³-hybridized carbons (Fsp3) is 0.0909. The Balaban J connectivity index is 1.25. The van der Waals surface area contributed by atoms with Crippen molar-refractivity contribution in [2.75, 3.05) is 11.9 Å². The largest absolute Gasteiger partial charge is 0.377 e. The van der Waals surface area contributed by atoms with Crippen LogP contribution in [-0.2, 0) is 4.74 Å². The van der Waals surface area contributed by atoms with Crippen molar-refractivity contribution in [3.63, 3.8) is 0 Å². The molecule has 0 spiro atoms. The van der Waals surface area contributed by atoms with Crippen LogP contribution in [0.2, 0.25) is 0 Å². The average molecular weight is 867 g/mol. The third kappa shape index (κ3) is 6.27. The molecule has 5 aromatic carbocycles. The van der Waals surface area contributed by atoms with Crippen LogP contribution in [-0.4, -0.2) is 32.6 Å². The summed E-state index contributed by atoms with van der Waals surface area (Å²) >= 11 is 3.74. The van der Waals surface area contributed by atoms with Crippen LogP contribution in [0.3, 0.4) is 0 Å². The standard InChI is InChI=1S/C55H40BrN5O/c56-37-21-22-41-39(31-37)55-38(29-30-62-55)53(60-41)40-32-48-51(35-17-9-3-10-18-35)46-26-25-44(58-46)49(33-13-5-1-6-14-33)42-23-24-43(57-42)50(34-15-7-2-8-16-34)45-27-28-47(59-45)52(54(40)61-48)36-19-11-4-12-20-36/h1-28,31-32,38,53,55,58-60H,29-30H2/t38-,53+,55-/m1/s1. The second kappa shape index (κ2) is 15.1. The number of anilines is 1. The Labute approximate surface area is 367 Å². The molecule has 1 fully saturated rings. The lowest BCUT2D eigenvalue weighted by molar-refractivity contribution is 0.0872. The van der Waals surface area contributed by atoms with E-state index in [1.807, 2.05) is 0 Å². The van der Waals surface area contributed by atoms with Crippen molar-refractivity contribution in [1.29, 1.82) is 0 Å². The van der Waals surface area contributed by atoms with Crippen LogP contribution in [0.4, 0.5) is 5.69 Å². The molecule has 298 valence electrons. The number of aromatic nitrogens is 4. The number of halogens is 1. The smallest absolute Gasteiger partial charge is 0.0897 e. The van der Waals surface area contributed by atoms with Crippen LogP contribution in [0, 0.1) is 5.92 Å². The van der Waals surface area contributed by atoms with Gasteiger partial charge in [0.25, 0.3) is 0 Å². The molecule has 7 heteroatoms. The van der Waals surface area contributed by atoms with E-state index in [0.29, 0.717) is 6.61 Å². The minimum Gasteiger partial charge on any atom is -0.377 e. The quantitative estimate of drug-likeness (QED) is 0.161. The molecule has 0 unspecified atom stereocenters. The normalized spacial score (nSPS) is 17.6. The van der Waals surface area contributed by atoms with E-state index in [-0.39, 0.29) is 18.1 Å². The molecule has 3 aromatic heterocycles. The zero-order valence-electron chi connectivity index (χ0n) is 33.6. The Bertz CT molecular complexity index is 3260. The van der Waals surface area contributed by atoms with Crippen molar-refractivity contribution in [3.8, 4) is 44.5 Å². The van der Waals surface area contributed by atoms with E-state index in [2.05, 4.69) is 213 Å². The van der Waals surface area contributed by atoms with Crippen LogP contribution in [0.1, 0.15) is 40.9 Å². The molecule has 12 rings (SSSR count). The van der Waals surface area contributed by atoms with E-state index in [9.17, 15) is 0 Å². The van der Waals surface area contributed by atoms with E-state index >= 15 is 0 Å². The minimum absolute atomic E-state index is 0.0425. The molecule has 8 aromatic rings. The summed E-state index contributed by atoms with van der Waals surface area (Å²) in [7, 11) is 0. The molecule has 3 N–H and O–H groups in total. The molecule has 7 heterocycles. The first-order chi connectivity index (χ1) is 30.6. The monoisotopic (exact) mass is 865 g/mol. The third-order valence-corrected chi connectivity index (χ3v) is 13.2. The van der Waals surface area contributed by atoms with Gasteiger partial charge in [-0.15, -0.1) is 0 Å². The number of nitrogens with zero attached hydrogens (tertiary/aromatic N) is 2. The molecule has 0 amide bonds. The predicted molar refractivity (Wildman–Crippen MR) is 258 cm³/mol. The van der Waals surface area contributed by atoms with Gasteiger partial charge < -0.3 is 20.0 Å². The van der Waals surface area contributed by atoms with Crippen molar-refractivity contribution in [3.05, 3.63) is 197 Å². The van der Waals surface area contributed by atoms with Crippen LogP contribution in [0.25, 0.3) is 90.4 Å². The van der Waals surface area contributed by atoms with Gasteiger partial charge in [0.2, 0.25) is 0 Å². The molecular weight excluding hydrogens is 827 g/mol. The highest BCUT2D eigenvalue weighted by Gasteiger charge is 2.44. The Morgan fingerprint density at radius 2 is 1.00 bits per heavy atom. The predicted octanol–water partition coefficient (Wildman–Crippen LogP) is 14.0. The number of rotatable bonds is 5. The topological polar surface area (TPSA) is 78.6 Å². The number of nitrogens with one attached hydrogen (secondary N) is 3. The Kier molecular flexibility index (Phi) is 8.97. The summed E-state index contributed by atoms with van der Waals surface area (Å²) in [6.07, 6.45) is 7.53. The highest BCUT2D eigenvalue weighted by atomic mass is 79.9. The van der Waals surface area contributed by atoms with Crippen LogP contribution in [0.5, 0.6) is 0 Å². The number of H-pyrrole nitrogens is 2. The summed E-state index contributed by atoms with van der Waals surface area (Å²) in [6, 6.07) is 57.7. The van der Waals surface area contributed by atoms with Crippen LogP contribution < -0.4 is 5.32 Å². The van der Waals surface area contributed by atoms with E-state index in [4.69, 9.17) is 14.7 Å². The van der Waals surface area contributed by atoms with Gasteiger partial charge in [0.1, 0.15) is 0 Å². The summed E-state index contributed by atoms with van der Waals surface area (Å²) in [5.41, 5.74) is 19.4. The highest BCUT2D eigenvalue weighted by molar-refractivity contribution is 9.10. The summed E-state index contributed by atoms with van der Waals surface area (Å²) in [6.45, 7) is 0.702. The lowest BCUT2D eigenvalue weighted by Crippen LogP contribution is -2.36. The summed E-state index contributed by atoms with van der Waals surface area (Å²) in [5, 5.41) is 4.04. The second-order valence-electron chi connectivity index (χ2n) is 16.3. The van der Waals surface area contributed by atoms with Crippen molar-refractivity contribution < 1.29 is 4.74 Å². The lowest BCUT2D eigenvalue weighted by atomic mass is 9.79. The molecule has 8 bridgehead atoms. The van der Waals surface area contributed by atoms with Crippen molar-refractivity contribution >= 4 is 67.5 Å². The maximum Gasteiger partial charge on any atom is 0.0897 e. The number of benzene rings is 5. The van der Waals surface area contributed by atoms with Crippen molar-refractivity contribution in [2.45, 2.75) is 18.6 Å². The molecule has 62 heavy (non-hydrogen) atoms. The zero-order valence-corrected chi connectivity index (χ0v) is 35.2. The van der Waals surface area contributed by atoms with E-state index in [1.54, 1.807) is 0 Å². The molecule has 0 aliphatic carbocycles. The molecule has 1 saturated heterocycles. The van der Waals surface area contributed by atoms with Crippen molar-refractivity contribution in [1.82, 2.24) is 19.9 Å². The number of aromatic amines is 2. The van der Waals surface area contributed by atoms with Gasteiger partial charge in [0.15, 0.2) is 0 Å². The van der Waals surface area contributed by atoms with Gasteiger partial charge in [-0.2, -0.15) is 0 Å². The lowest BCUT2D eigenvalue weighted by Gasteiger charge is -2.37. The van der Waals surface area contributed by atoms with Crippen molar-refractivity contribution in [2.24, 2.45) is 5.92 Å². The molecule has 4 aliphatic rings. The fourth-order valence-corrected chi connectivity index (χ4v) is 10.3. The summed E-state index contributed by atoms with van der Waals surface area (Å²) < 4.78 is 7.65. The van der Waals surface area contributed by atoms with Crippen LogP contribution >= 0.6 is 15.9 Å². The molecule has 6 nitrogen and oxygen atoms in total. The third-order valence-electron chi connectivity index (χ3n) is 12.7. The minimum atomic E-state index is -0.0741. The first-order valence-electron chi connectivity index (χ1n) is 21.2. The maximum atomic E-state index is 6.60. The number of ether oxygens (including phenoxy) is 1. The van der Waals surface area contributed by atoms with Gasteiger partial charge in [-0.25, -0.2) is 9.97 Å². The van der Waals surface area contributed by atoms with Gasteiger partial charge >= 0.3 is 0 Å². The molecule has 0 radical (unpaired) electrons.